The van der Waals surface area contributed by atoms with Crippen LogP contribution in [-0.4, -0.2) is 18.5 Å². The van der Waals surface area contributed by atoms with E-state index in [0.29, 0.717) is 12.6 Å². The number of guanidine groups is 1. The third-order valence-electron chi connectivity index (χ3n) is 3.55. The van der Waals surface area contributed by atoms with Gasteiger partial charge < -0.3 is 15.1 Å². The molecule has 1 atom stereocenters. The van der Waals surface area contributed by atoms with Gasteiger partial charge in [0.05, 0.1) is 12.8 Å². The standard InChI is InChI=1S/C18H24FN3O.HI/c1-3-14(2)22-18(20-10-9-17-8-5-11-23-17)21-13-15-6-4-7-16(19)12-15;/h4-8,11-12,14H,3,9-10,13H2,1-2H3,(H2,20,21,22);1H. The minimum Gasteiger partial charge on any atom is -0.469 e. The molecule has 24 heavy (non-hydrogen) atoms. The molecule has 1 unspecified atom stereocenters. The summed E-state index contributed by atoms with van der Waals surface area (Å²) in [5.41, 5.74) is 0.848. The number of rotatable bonds is 7. The third-order valence-corrected chi connectivity index (χ3v) is 3.55. The molecule has 0 aliphatic carbocycles. The number of benzene rings is 1. The summed E-state index contributed by atoms with van der Waals surface area (Å²) in [6.07, 6.45) is 3.46. The molecule has 0 spiro atoms. The molecule has 0 saturated heterocycles. The lowest BCUT2D eigenvalue weighted by molar-refractivity contribution is 0.506. The maximum Gasteiger partial charge on any atom is 0.191 e. The SMILES string of the molecule is CCC(C)NC(=NCc1cccc(F)c1)NCCc1ccco1.I. The molecule has 6 heteroatoms. The number of hydrogen-bond acceptors (Lipinski definition) is 2. The Hall–Kier alpha value is -1.57. The first-order valence-corrected chi connectivity index (χ1v) is 7.99. The Morgan fingerprint density at radius 1 is 1.29 bits per heavy atom. The van der Waals surface area contributed by atoms with E-state index in [-0.39, 0.29) is 29.8 Å². The van der Waals surface area contributed by atoms with E-state index >= 15 is 0 Å². The van der Waals surface area contributed by atoms with Gasteiger partial charge in [0.1, 0.15) is 11.6 Å². The zero-order chi connectivity index (χ0) is 16.5. The van der Waals surface area contributed by atoms with Crippen molar-refractivity contribution in [2.45, 2.75) is 39.3 Å². The molecule has 0 aliphatic rings. The summed E-state index contributed by atoms with van der Waals surface area (Å²) in [6.45, 7) is 5.37. The van der Waals surface area contributed by atoms with Crippen LogP contribution in [0.15, 0.2) is 52.1 Å². The lowest BCUT2D eigenvalue weighted by atomic mass is 10.2. The van der Waals surface area contributed by atoms with E-state index in [1.165, 1.54) is 12.1 Å². The van der Waals surface area contributed by atoms with E-state index in [4.69, 9.17) is 4.42 Å². The Balaban J connectivity index is 0.00000288. The van der Waals surface area contributed by atoms with Gasteiger partial charge >= 0.3 is 0 Å². The van der Waals surface area contributed by atoms with Crippen molar-refractivity contribution in [3.05, 3.63) is 59.8 Å². The van der Waals surface area contributed by atoms with Crippen molar-refractivity contribution in [3.8, 4) is 0 Å². The molecular formula is C18H25FIN3O. The highest BCUT2D eigenvalue weighted by Crippen LogP contribution is 2.05. The molecule has 0 fully saturated rings. The summed E-state index contributed by atoms with van der Waals surface area (Å²) in [6, 6.07) is 10.7. The lowest BCUT2D eigenvalue weighted by Gasteiger charge is -2.17. The molecule has 0 amide bonds. The van der Waals surface area contributed by atoms with Gasteiger partial charge in [0.25, 0.3) is 0 Å². The maximum atomic E-state index is 13.2. The molecule has 0 radical (unpaired) electrons. The molecule has 4 nitrogen and oxygen atoms in total. The number of nitrogens with zero attached hydrogens (tertiary/aromatic N) is 1. The Bertz CT molecular complexity index is 616. The predicted molar refractivity (Wildman–Crippen MR) is 106 cm³/mol. The number of aliphatic imine (C=N–C) groups is 1. The monoisotopic (exact) mass is 445 g/mol. The Labute approximate surface area is 160 Å². The van der Waals surface area contributed by atoms with Crippen LogP contribution in [0.25, 0.3) is 0 Å². The average molecular weight is 445 g/mol. The summed E-state index contributed by atoms with van der Waals surface area (Å²) < 4.78 is 18.5. The van der Waals surface area contributed by atoms with Crippen molar-refractivity contribution < 1.29 is 8.81 Å². The maximum absolute atomic E-state index is 13.2. The predicted octanol–water partition coefficient (Wildman–Crippen LogP) is 4.11. The summed E-state index contributed by atoms with van der Waals surface area (Å²) in [7, 11) is 0. The quantitative estimate of drug-likeness (QED) is 0.383. The molecule has 0 aliphatic heterocycles. The van der Waals surface area contributed by atoms with Crippen molar-refractivity contribution in [1.82, 2.24) is 10.6 Å². The van der Waals surface area contributed by atoms with Crippen molar-refractivity contribution in [1.29, 1.82) is 0 Å². The fourth-order valence-corrected chi connectivity index (χ4v) is 2.05. The average Bonchev–Trinajstić information content (AvgIpc) is 3.05. The van der Waals surface area contributed by atoms with Gasteiger partial charge in [-0.1, -0.05) is 19.1 Å². The highest BCUT2D eigenvalue weighted by atomic mass is 127. The van der Waals surface area contributed by atoms with Crippen LogP contribution in [0.3, 0.4) is 0 Å². The second-order valence-corrected chi connectivity index (χ2v) is 5.50. The van der Waals surface area contributed by atoms with Crippen molar-refractivity contribution in [3.63, 3.8) is 0 Å². The normalized spacial score (nSPS) is 12.4. The fourth-order valence-electron chi connectivity index (χ4n) is 2.05. The highest BCUT2D eigenvalue weighted by molar-refractivity contribution is 14.0. The Morgan fingerprint density at radius 2 is 2.12 bits per heavy atom. The van der Waals surface area contributed by atoms with Crippen molar-refractivity contribution >= 4 is 29.9 Å². The zero-order valence-electron chi connectivity index (χ0n) is 14.1. The number of halogens is 2. The summed E-state index contributed by atoms with van der Waals surface area (Å²) >= 11 is 0. The van der Waals surface area contributed by atoms with Gasteiger partial charge in [-0.25, -0.2) is 9.38 Å². The topological polar surface area (TPSA) is 49.6 Å². The number of nitrogens with one attached hydrogen (secondary N) is 2. The minimum absolute atomic E-state index is 0. The van der Waals surface area contributed by atoms with Gasteiger partial charge in [-0.2, -0.15) is 0 Å². The first-order valence-electron chi connectivity index (χ1n) is 7.99. The first kappa shape index (κ1) is 20.5. The third kappa shape index (κ3) is 7.33. The minimum atomic E-state index is -0.236. The number of hydrogen-bond donors (Lipinski definition) is 2. The van der Waals surface area contributed by atoms with Crippen LogP contribution in [0, 0.1) is 5.82 Å². The van der Waals surface area contributed by atoms with E-state index in [0.717, 1.165) is 36.7 Å². The number of furan rings is 1. The second kappa shape index (κ2) is 11.1. The van der Waals surface area contributed by atoms with Gasteiger partial charge in [0.15, 0.2) is 5.96 Å². The molecule has 1 aromatic heterocycles. The smallest absolute Gasteiger partial charge is 0.191 e. The van der Waals surface area contributed by atoms with Gasteiger partial charge in [-0.05, 0) is 43.2 Å². The molecule has 132 valence electrons. The largest absolute Gasteiger partial charge is 0.469 e. The van der Waals surface area contributed by atoms with E-state index in [1.54, 1.807) is 12.3 Å². The van der Waals surface area contributed by atoms with Crippen LogP contribution < -0.4 is 10.6 Å². The molecule has 0 bridgehead atoms. The molecule has 2 aromatic rings. The van der Waals surface area contributed by atoms with Crippen LogP contribution in [0.4, 0.5) is 4.39 Å². The van der Waals surface area contributed by atoms with Crippen LogP contribution in [0.2, 0.25) is 0 Å². The van der Waals surface area contributed by atoms with Crippen LogP contribution in [-0.2, 0) is 13.0 Å². The van der Waals surface area contributed by atoms with E-state index in [2.05, 4.69) is 29.5 Å². The fraction of sp³-hybridized carbons (Fsp3) is 0.389. The molecule has 0 saturated carbocycles. The Morgan fingerprint density at radius 3 is 2.79 bits per heavy atom. The van der Waals surface area contributed by atoms with Crippen molar-refractivity contribution in [2.24, 2.45) is 4.99 Å². The molecular weight excluding hydrogens is 420 g/mol. The summed E-state index contributed by atoms with van der Waals surface area (Å²) in [4.78, 5) is 4.54. The van der Waals surface area contributed by atoms with Gasteiger partial charge in [0, 0.05) is 19.0 Å². The van der Waals surface area contributed by atoms with Gasteiger partial charge in [-0.15, -0.1) is 24.0 Å². The van der Waals surface area contributed by atoms with Gasteiger partial charge in [0.2, 0.25) is 0 Å². The van der Waals surface area contributed by atoms with Crippen LogP contribution >= 0.6 is 24.0 Å². The molecule has 2 rings (SSSR count). The molecule has 1 aromatic carbocycles. The van der Waals surface area contributed by atoms with E-state index < -0.39 is 0 Å². The van der Waals surface area contributed by atoms with Crippen LogP contribution in [0.5, 0.6) is 0 Å². The van der Waals surface area contributed by atoms with E-state index in [1.807, 2.05) is 18.2 Å². The molecule has 2 N–H and O–H groups in total. The second-order valence-electron chi connectivity index (χ2n) is 5.50. The van der Waals surface area contributed by atoms with Gasteiger partial charge in [-0.3, -0.25) is 0 Å². The highest BCUT2D eigenvalue weighted by Gasteiger charge is 2.04. The first-order chi connectivity index (χ1) is 11.2. The summed E-state index contributed by atoms with van der Waals surface area (Å²) in [5, 5.41) is 6.64. The van der Waals surface area contributed by atoms with E-state index in [9.17, 15) is 4.39 Å². The summed E-state index contributed by atoms with van der Waals surface area (Å²) in [5.74, 6) is 1.43. The zero-order valence-corrected chi connectivity index (χ0v) is 16.4. The van der Waals surface area contributed by atoms with Crippen LogP contribution in [0.1, 0.15) is 31.6 Å². The molecule has 1 heterocycles. The Kier molecular flexibility index (Phi) is 9.44. The lowest BCUT2D eigenvalue weighted by Crippen LogP contribution is -2.42. The van der Waals surface area contributed by atoms with Crippen molar-refractivity contribution in [2.75, 3.05) is 6.54 Å².